The molecule has 1 nitrogen and oxygen atoms in total. The summed E-state index contributed by atoms with van der Waals surface area (Å²) in [6.45, 7) is 3.62. The summed E-state index contributed by atoms with van der Waals surface area (Å²) in [6, 6.07) is 0.181. The molecule has 0 saturated carbocycles. The summed E-state index contributed by atoms with van der Waals surface area (Å²) in [7, 11) is -1.40. The van der Waals surface area contributed by atoms with Gasteiger partial charge in [-0.3, -0.25) is 0 Å². The molecule has 0 bridgehead atoms. The van der Waals surface area contributed by atoms with E-state index in [1.54, 1.807) is 0 Å². The first-order chi connectivity index (χ1) is 4.77. The molecule has 11 heavy (non-hydrogen) atoms. The van der Waals surface area contributed by atoms with E-state index in [9.17, 15) is 13.2 Å². The van der Waals surface area contributed by atoms with Crippen LogP contribution in [0.5, 0.6) is 0 Å². The van der Waals surface area contributed by atoms with E-state index in [4.69, 9.17) is 4.12 Å². The normalized spacial score (nSPS) is 13.9. The Balaban J connectivity index is 3.70. The minimum absolute atomic E-state index is 0.181. The van der Waals surface area contributed by atoms with Crippen molar-refractivity contribution in [2.75, 3.05) is 0 Å². The van der Waals surface area contributed by atoms with Gasteiger partial charge in [-0.25, -0.2) is 0 Å². The summed E-state index contributed by atoms with van der Waals surface area (Å²) in [5, 5.41) is 0. The third kappa shape index (κ3) is 6.58. The van der Waals surface area contributed by atoms with Crippen molar-refractivity contribution in [3.63, 3.8) is 0 Å². The lowest BCUT2D eigenvalue weighted by molar-refractivity contribution is -0.131. The molecule has 0 aromatic heterocycles. The summed E-state index contributed by atoms with van der Waals surface area (Å²) < 4.78 is 40.2. The van der Waals surface area contributed by atoms with Gasteiger partial charge in [-0.1, -0.05) is 0 Å². The summed E-state index contributed by atoms with van der Waals surface area (Å²) in [5.41, 5.74) is 0. The molecule has 0 N–H and O–H groups in total. The van der Waals surface area contributed by atoms with Crippen molar-refractivity contribution in [3.8, 4) is 0 Å². The molecule has 0 aliphatic heterocycles. The zero-order valence-corrected chi connectivity index (χ0v) is 9.96. The van der Waals surface area contributed by atoms with Crippen LogP contribution in [0, 0.1) is 0 Å². The van der Waals surface area contributed by atoms with Crippen molar-refractivity contribution in [3.05, 3.63) is 0 Å². The van der Waals surface area contributed by atoms with E-state index in [1.165, 1.54) is 0 Å². The standard InChI is InChI=1S/C5H13F3OSi2/c1-11(2,9-10)4-3-5(6,7)8/h3-4H2,1-2,10H3. The highest BCUT2D eigenvalue weighted by molar-refractivity contribution is 6.73. The molecule has 0 rings (SSSR count). The molecular weight excluding hydrogens is 189 g/mol. The Morgan fingerprint density at radius 1 is 1.36 bits per heavy atom. The van der Waals surface area contributed by atoms with Crippen molar-refractivity contribution >= 4 is 18.8 Å². The molecule has 6 heteroatoms. The van der Waals surface area contributed by atoms with Gasteiger partial charge in [-0.2, -0.15) is 13.2 Å². The maximum atomic E-state index is 11.7. The molecule has 0 spiro atoms. The highest BCUT2D eigenvalue weighted by Gasteiger charge is 2.31. The molecule has 0 aliphatic rings. The lowest BCUT2D eigenvalue weighted by Gasteiger charge is -2.21. The van der Waals surface area contributed by atoms with E-state index < -0.39 is 20.9 Å². The molecule has 0 fully saturated rings. The van der Waals surface area contributed by atoms with E-state index >= 15 is 0 Å². The maximum absolute atomic E-state index is 11.7. The van der Waals surface area contributed by atoms with Crippen LogP contribution >= 0.6 is 0 Å². The molecule has 0 amide bonds. The molecule has 0 aromatic rings. The second-order valence-electron chi connectivity index (χ2n) is 3.08. The van der Waals surface area contributed by atoms with Gasteiger partial charge in [0.25, 0.3) is 0 Å². The van der Waals surface area contributed by atoms with Crippen LogP contribution in [-0.2, 0) is 4.12 Å². The Morgan fingerprint density at radius 3 is 2.09 bits per heavy atom. The lowest BCUT2D eigenvalue weighted by Crippen LogP contribution is -2.30. The van der Waals surface area contributed by atoms with Crippen molar-refractivity contribution < 1.29 is 17.3 Å². The zero-order valence-electron chi connectivity index (χ0n) is 6.96. The van der Waals surface area contributed by atoms with Crippen molar-refractivity contribution in [2.24, 2.45) is 0 Å². The van der Waals surface area contributed by atoms with Gasteiger partial charge in [0.15, 0.2) is 8.32 Å². The van der Waals surface area contributed by atoms with E-state index in [0.717, 1.165) is 0 Å². The number of rotatable bonds is 3. The quantitative estimate of drug-likeness (QED) is 0.629. The Hall–Kier alpha value is 0.184. The predicted octanol–water partition coefficient (Wildman–Crippen LogP) is 1.44. The highest BCUT2D eigenvalue weighted by Crippen LogP contribution is 2.25. The minimum atomic E-state index is -4.02. The van der Waals surface area contributed by atoms with Gasteiger partial charge in [0.05, 0.1) is 0 Å². The fourth-order valence-corrected chi connectivity index (χ4v) is 2.25. The van der Waals surface area contributed by atoms with Crippen LogP contribution in [0.4, 0.5) is 13.2 Å². The number of halogens is 3. The van der Waals surface area contributed by atoms with Gasteiger partial charge in [-0.15, -0.1) is 0 Å². The van der Waals surface area contributed by atoms with Gasteiger partial charge in [0.1, 0.15) is 10.5 Å². The molecule has 0 aliphatic carbocycles. The van der Waals surface area contributed by atoms with Crippen LogP contribution < -0.4 is 0 Å². The molecule has 0 unspecified atom stereocenters. The average Bonchev–Trinajstić information content (AvgIpc) is 1.83. The summed E-state index contributed by atoms with van der Waals surface area (Å²) in [5.74, 6) is 0. The number of alkyl halides is 3. The van der Waals surface area contributed by atoms with Gasteiger partial charge in [0.2, 0.25) is 0 Å². The first kappa shape index (κ1) is 11.2. The van der Waals surface area contributed by atoms with E-state index in [-0.39, 0.29) is 6.04 Å². The van der Waals surface area contributed by atoms with Crippen molar-refractivity contribution in [2.45, 2.75) is 31.7 Å². The monoisotopic (exact) mass is 202 g/mol. The van der Waals surface area contributed by atoms with E-state index in [0.29, 0.717) is 10.5 Å². The lowest BCUT2D eigenvalue weighted by atomic mass is 10.5. The topological polar surface area (TPSA) is 9.23 Å². The molecule has 0 saturated heterocycles. The Kier molecular flexibility index (Phi) is 3.79. The Labute approximate surface area is 68.6 Å². The second kappa shape index (κ2) is 3.73. The third-order valence-electron chi connectivity index (χ3n) is 1.56. The second-order valence-corrected chi connectivity index (χ2v) is 8.73. The van der Waals surface area contributed by atoms with Crippen LogP contribution in [-0.4, -0.2) is 25.0 Å². The SMILES string of the molecule is C[Si](C)(CCC(F)(F)F)O[SiH3]. The minimum Gasteiger partial charge on any atom is -0.463 e. The zero-order chi connectivity index (χ0) is 9.12. The van der Waals surface area contributed by atoms with Crippen LogP contribution in [0.15, 0.2) is 0 Å². The van der Waals surface area contributed by atoms with Crippen LogP contribution in [0.25, 0.3) is 0 Å². The van der Waals surface area contributed by atoms with Crippen LogP contribution in [0.1, 0.15) is 6.42 Å². The average molecular weight is 202 g/mol. The van der Waals surface area contributed by atoms with E-state index in [2.05, 4.69) is 0 Å². The summed E-state index contributed by atoms with van der Waals surface area (Å²) in [4.78, 5) is 0. The van der Waals surface area contributed by atoms with Gasteiger partial charge in [-0.05, 0) is 19.1 Å². The molecule has 0 radical (unpaired) electrons. The number of hydrogen-bond donors (Lipinski definition) is 0. The Morgan fingerprint density at radius 2 is 1.82 bits per heavy atom. The fourth-order valence-electron chi connectivity index (χ4n) is 0.545. The number of hydrogen-bond acceptors (Lipinski definition) is 1. The highest BCUT2D eigenvalue weighted by atomic mass is 28.4. The first-order valence-corrected chi connectivity index (χ1v) is 7.32. The van der Waals surface area contributed by atoms with Crippen LogP contribution in [0.2, 0.25) is 19.1 Å². The largest absolute Gasteiger partial charge is 0.463 e. The smallest absolute Gasteiger partial charge is 0.388 e. The molecule has 0 aromatic carbocycles. The van der Waals surface area contributed by atoms with E-state index in [1.807, 2.05) is 13.1 Å². The fraction of sp³-hybridized carbons (Fsp3) is 1.00. The molecule has 0 heterocycles. The van der Waals surface area contributed by atoms with Gasteiger partial charge >= 0.3 is 6.18 Å². The van der Waals surface area contributed by atoms with Gasteiger partial charge < -0.3 is 4.12 Å². The Bertz CT molecular complexity index is 123. The van der Waals surface area contributed by atoms with Crippen LogP contribution in [0.3, 0.4) is 0 Å². The molecule has 0 atom stereocenters. The maximum Gasteiger partial charge on any atom is 0.388 e. The molecular formula is C5H13F3OSi2. The predicted molar refractivity (Wildman–Crippen MR) is 44.0 cm³/mol. The van der Waals surface area contributed by atoms with Crippen molar-refractivity contribution in [1.29, 1.82) is 0 Å². The van der Waals surface area contributed by atoms with Gasteiger partial charge in [0, 0.05) is 6.42 Å². The first-order valence-electron chi connectivity index (χ1n) is 3.39. The third-order valence-corrected chi connectivity index (χ3v) is 7.44. The summed E-state index contributed by atoms with van der Waals surface area (Å²) >= 11 is 0. The summed E-state index contributed by atoms with van der Waals surface area (Å²) in [6.07, 6.45) is -4.72. The van der Waals surface area contributed by atoms with Crippen molar-refractivity contribution in [1.82, 2.24) is 0 Å². The molecule has 68 valence electrons.